The number of nitrogens with zero attached hydrogens (tertiary/aromatic N) is 2. The number of carbonyl (C=O) groups excluding carboxylic acids is 2. The van der Waals surface area contributed by atoms with Crippen LogP contribution in [0.2, 0.25) is 0 Å². The number of likely N-dealkylation sites (tertiary alicyclic amines) is 1. The molecule has 0 radical (unpaired) electrons. The van der Waals surface area contributed by atoms with E-state index in [4.69, 9.17) is 9.47 Å². The van der Waals surface area contributed by atoms with Gasteiger partial charge in [-0.2, -0.15) is 0 Å². The van der Waals surface area contributed by atoms with Crippen LogP contribution in [0.5, 0.6) is 5.75 Å². The summed E-state index contributed by atoms with van der Waals surface area (Å²) in [5.41, 5.74) is 3.15. The lowest BCUT2D eigenvalue weighted by Crippen LogP contribution is -2.32. The van der Waals surface area contributed by atoms with Crippen molar-refractivity contribution in [3.8, 4) is 5.75 Å². The summed E-state index contributed by atoms with van der Waals surface area (Å²) in [6.45, 7) is 7.13. The van der Waals surface area contributed by atoms with Crippen molar-refractivity contribution in [3.63, 3.8) is 0 Å². The maximum Gasteiger partial charge on any atom is 0.295 e. The highest BCUT2D eigenvalue weighted by Crippen LogP contribution is 2.42. The molecule has 2 heterocycles. The molecule has 1 unspecified atom stereocenters. The van der Waals surface area contributed by atoms with Gasteiger partial charge in [0, 0.05) is 48.9 Å². The maximum absolute atomic E-state index is 13.3. The fourth-order valence-corrected chi connectivity index (χ4v) is 4.59. The van der Waals surface area contributed by atoms with Crippen molar-refractivity contribution in [2.75, 3.05) is 26.9 Å². The number of carbonyl (C=O) groups is 2. The number of aryl methyl sites for hydroxylation is 2. The summed E-state index contributed by atoms with van der Waals surface area (Å²) in [4.78, 5) is 27.9. The van der Waals surface area contributed by atoms with Crippen LogP contribution in [0.3, 0.4) is 0 Å². The SMILES string of the molecule is COCCN1C(=O)C(=O)/C(=C(/O)c2ccc(OCC(C)C)c(C)c2)C1c1cn(C)c2ccccc12. The van der Waals surface area contributed by atoms with Crippen molar-refractivity contribution in [2.24, 2.45) is 13.0 Å². The van der Waals surface area contributed by atoms with Gasteiger partial charge in [-0.25, -0.2) is 0 Å². The highest BCUT2D eigenvalue weighted by Gasteiger charge is 2.46. The number of rotatable bonds is 8. The van der Waals surface area contributed by atoms with Gasteiger partial charge in [-0.05, 0) is 42.7 Å². The Bertz CT molecular complexity index is 1300. The van der Waals surface area contributed by atoms with Crippen molar-refractivity contribution in [3.05, 3.63) is 70.9 Å². The van der Waals surface area contributed by atoms with Crippen LogP contribution in [0.25, 0.3) is 16.7 Å². The van der Waals surface area contributed by atoms with E-state index in [-0.39, 0.29) is 24.5 Å². The number of aliphatic hydroxyl groups excluding tert-OH is 1. The molecule has 1 saturated heterocycles. The molecule has 184 valence electrons. The van der Waals surface area contributed by atoms with Gasteiger partial charge in [0.15, 0.2) is 0 Å². The molecule has 2 aromatic carbocycles. The average Bonchev–Trinajstić information content (AvgIpc) is 3.29. The van der Waals surface area contributed by atoms with Gasteiger partial charge in [-0.15, -0.1) is 0 Å². The Morgan fingerprint density at radius 3 is 2.57 bits per heavy atom. The smallest absolute Gasteiger partial charge is 0.295 e. The lowest BCUT2D eigenvalue weighted by atomic mass is 9.94. The van der Waals surface area contributed by atoms with Crippen LogP contribution in [0, 0.1) is 12.8 Å². The van der Waals surface area contributed by atoms with Crippen LogP contribution in [-0.4, -0.2) is 53.1 Å². The largest absolute Gasteiger partial charge is 0.507 e. The number of amides is 1. The first-order chi connectivity index (χ1) is 16.7. The first-order valence-corrected chi connectivity index (χ1v) is 11.8. The molecule has 0 bridgehead atoms. The van der Waals surface area contributed by atoms with Crippen LogP contribution in [0.4, 0.5) is 0 Å². The van der Waals surface area contributed by atoms with Gasteiger partial charge in [0.2, 0.25) is 0 Å². The molecule has 1 atom stereocenters. The quantitative estimate of drug-likeness (QED) is 0.292. The van der Waals surface area contributed by atoms with Crippen LogP contribution in [0.1, 0.15) is 36.6 Å². The highest BCUT2D eigenvalue weighted by atomic mass is 16.5. The first-order valence-electron chi connectivity index (χ1n) is 11.8. The summed E-state index contributed by atoms with van der Waals surface area (Å²) in [6, 6.07) is 12.4. The molecule has 1 aliphatic heterocycles. The summed E-state index contributed by atoms with van der Waals surface area (Å²) >= 11 is 0. The molecule has 1 fully saturated rings. The molecule has 1 N–H and O–H groups in total. The van der Waals surface area contributed by atoms with Gasteiger partial charge in [-0.3, -0.25) is 9.59 Å². The minimum absolute atomic E-state index is 0.0812. The number of methoxy groups -OCH3 is 1. The summed E-state index contributed by atoms with van der Waals surface area (Å²) in [5.74, 6) is -0.433. The lowest BCUT2D eigenvalue weighted by Gasteiger charge is -2.24. The normalized spacial score (nSPS) is 17.7. The van der Waals surface area contributed by atoms with Crippen molar-refractivity contribution in [2.45, 2.75) is 26.8 Å². The van der Waals surface area contributed by atoms with E-state index >= 15 is 0 Å². The molecule has 1 aromatic heterocycles. The predicted molar refractivity (Wildman–Crippen MR) is 135 cm³/mol. The van der Waals surface area contributed by atoms with E-state index in [9.17, 15) is 14.7 Å². The molecule has 0 aliphatic carbocycles. The molecule has 3 aromatic rings. The number of Topliss-reactive ketones (excluding diaryl/α,β-unsaturated/α-hetero) is 1. The summed E-state index contributed by atoms with van der Waals surface area (Å²) in [7, 11) is 3.47. The second-order valence-electron chi connectivity index (χ2n) is 9.38. The fraction of sp³-hybridized carbons (Fsp3) is 0.357. The summed E-state index contributed by atoms with van der Waals surface area (Å²) in [5, 5.41) is 12.3. The Morgan fingerprint density at radius 1 is 1.14 bits per heavy atom. The van der Waals surface area contributed by atoms with E-state index in [1.807, 2.05) is 49.0 Å². The Labute approximate surface area is 205 Å². The van der Waals surface area contributed by atoms with E-state index < -0.39 is 17.7 Å². The van der Waals surface area contributed by atoms with E-state index in [1.54, 1.807) is 25.3 Å². The number of hydrogen-bond acceptors (Lipinski definition) is 5. The predicted octanol–water partition coefficient (Wildman–Crippen LogP) is 4.59. The minimum Gasteiger partial charge on any atom is -0.507 e. The zero-order chi connectivity index (χ0) is 25.3. The second-order valence-corrected chi connectivity index (χ2v) is 9.38. The van der Waals surface area contributed by atoms with E-state index in [1.165, 1.54) is 4.90 Å². The van der Waals surface area contributed by atoms with Crippen molar-refractivity contribution in [1.29, 1.82) is 0 Å². The topological polar surface area (TPSA) is 81.0 Å². The third kappa shape index (κ3) is 4.56. The number of benzene rings is 2. The second kappa shape index (κ2) is 9.96. The number of para-hydroxylation sites is 1. The number of ether oxygens (including phenoxy) is 2. The molecule has 7 nitrogen and oxygen atoms in total. The zero-order valence-corrected chi connectivity index (χ0v) is 20.9. The van der Waals surface area contributed by atoms with Gasteiger partial charge in [0.25, 0.3) is 11.7 Å². The van der Waals surface area contributed by atoms with E-state index in [2.05, 4.69) is 13.8 Å². The van der Waals surface area contributed by atoms with Gasteiger partial charge < -0.3 is 24.0 Å². The molecule has 0 spiro atoms. The van der Waals surface area contributed by atoms with Crippen molar-refractivity contribution in [1.82, 2.24) is 9.47 Å². The maximum atomic E-state index is 13.3. The van der Waals surface area contributed by atoms with Crippen LogP contribution < -0.4 is 4.74 Å². The highest BCUT2D eigenvalue weighted by molar-refractivity contribution is 6.46. The van der Waals surface area contributed by atoms with Gasteiger partial charge in [0.05, 0.1) is 24.8 Å². The number of fused-ring (bicyclic) bond motifs is 1. The monoisotopic (exact) mass is 476 g/mol. The fourth-order valence-electron chi connectivity index (χ4n) is 4.59. The van der Waals surface area contributed by atoms with E-state index in [0.29, 0.717) is 18.1 Å². The molecular formula is C28H32N2O5. The van der Waals surface area contributed by atoms with Gasteiger partial charge in [-0.1, -0.05) is 32.0 Å². The molecule has 35 heavy (non-hydrogen) atoms. The Kier molecular flexibility index (Phi) is 6.98. The average molecular weight is 477 g/mol. The number of hydrogen-bond donors (Lipinski definition) is 1. The Morgan fingerprint density at radius 2 is 1.89 bits per heavy atom. The molecular weight excluding hydrogens is 444 g/mol. The molecule has 7 heteroatoms. The number of aliphatic hydroxyl groups is 1. The Balaban J connectivity index is 1.85. The number of aromatic nitrogens is 1. The molecule has 1 amide bonds. The third-order valence-electron chi connectivity index (χ3n) is 6.32. The van der Waals surface area contributed by atoms with Gasteiger partial charge in [0.1, 0.15) is 11.5 Å². The third-order valence-corrected chi connectivity index (χ3v) is 6.32. The standard InChI is InChI=1S/C28H32N2O5/c1-17(2)16-35-23-11-10-19(14-18(23)3)26(31)24-25(30(12-13-34-5)28(33)27(24)32)21-15-29(4)22-9-7-6-8-20(21)22/h6-11,14-15,17,25,31H,12-13,16H2,1-5H3/b26-24+. The van der Waals surface area contributed by atoms with Crippen LogP contribution in [0.15, 0.2) is 54.2 Å². The Hall–Kier alpha value is -3.58. The zero-order valence-electron chi connectivity index (χ0n) is 20.9. The van der Waals surface area contributed by atoms with Crippen LogP contribution >= 0.6 is 0 Å². The van der Waals surface area contributed by atoms with E-state index in [0.717, 1.165) is 27.8 Å². The lowest BCUT2D eigenvalue weighted by molar-refractivity contribution is -0.140. The number of ketones is 1. The van der Waals surface area contributed by atoms with Gasteiger partial charge >= 0.3 is 0 Å². The minimum atomic E-state index is -0.728. The molecule has 1 aliphatic rings. The van der Waals surface area contributed by atoms with Crippen LogP contribution in [-0.2, 0) is 21.4 Å². The summed E-state index contributed by atoms with van der Waals surface area (Å²) < 4.78 is 13.0. The first kappa shape index (κ1) is 24.5. The summed E-state index contributed by atoms with van der Waals surface area (Å²) in [6.07, 6.45) is 1.92. The molecule has 4 rings (SSSR count). The van der Waals surface area contributed by atoms with Crippen molar-refractivity contribution >= 4 is 28.4 Å². The van der Waals surface area contributed by atoms with Crippen molar-refractivity contribution < 1.29 is 24.2 Å². The molecule has 0 saturated carbocycles.